The van der Waals surface area contributed by atoms with Crippen LogP contribution in [0.1, 0.15) is 17.5 Å². The molecule has 0 radical (unpaired) electrons. The van der Waals surface area contributed by atoms with Gasteiger partial charge in [0.15, 0.2) is 0 Å². The minimum atomic E-state index is -0.193. The summed E-state index contributed by atoms with van der Waals surface area (Å²) in [6.07, 6.45) is 1.56. The van der Waals surface area contributed by atoms with Crippen molar-refractivity contribution in [1.29, 1.82) is 0 Å². The Kier molecular flexibility index (Phi) is 3.98. The summed E-state index contributed by atoms with van der Waals surface area (Å²) < 4.78 is 5.00. The summed E-state index contributed by atoms with van der Waals surface area (Å²) in [5.41, 5.74) is 8.05. The van der Waals surface area contributed by atoms with Crippen LogP contribution in [-0.4, -0.2) is 30.7 Å². The van der Waals surface area contributed by atoms with E-state index in [9.17, 15) is 4.79 Å². The molecule has 0 bridgehead atoms. The van der Waals surface area contributed by atoms with Gasteiger partial charge in [0.05, 0.1) is 6.61 Å². The third kappa shape index (κ3) is 2.97. The minimum Gasteiger partial charge on any atom is -0.449 e. The van der Waals surface area contributed by atoms with Crippen molar-refractivity contribution in [2.75, 3.05) is 19.7 Å². The predicted molar refractivity (Wildman–Crippen MR) is 65.6 cm³/mol. The number of carbonyl (C=O) groups is 1. The fourth-order valence-electron chi connectivity index (χ4n) is 2.06. The Morgan fingerprint density at radius 2 is 2.06 bits per heavy atom. The van der Waals surface area contributed by atoms with Crippen molar-refractivity contribution < 1.29 is 9.53 Å². The molecular weight excluding hydrogens is 216 g/mol. The van der Waals surface area contributed by atoms with Crippen molar-refractivity contribution in [1.82, 2.24) is 4.90 Å². The summed E-state index contributed by atoms with van der Waals surface area (Å²) in [7, 11) is 0. The van der Waals surface area contributed by atoms with Crippen LogP contribution in [0.4, 0.5) is 4.79 Å². The molecule has 2 rings (SSSR count). The van der Waals surface area contributed by atoms with E-state index < -0.39 is 0 Å². The van der Waals surface area contributed by atoms with Crippen LogP contribution in [0.3, 0.4) is 0 Å². The number of carbonyl (C=O) groups excluding carboxylic acids is 1. The second kappa shape index (κ2) is 5.68. The van der Waals surface area contributed by atoms with Crippen LogP contribution in [0, 0.1) is 0 Å². The van der Waals surface area contributed by atoms with Crippen molar-refractivity contribution in [3.8, 4) is 0 Å². The SMILES string of the molecule is NCc1ccccc1CCN1CCCOC1=O. The molecule has 1 amide bonds. The quantitative estimate of drug-likeness (QED) is 0.859. The number of nitrogens with two attached hydrogens (primary N) is 1. The molecule has 1 aromatic rings. The second-order valence-electron chi connectivity index (χ2n) is 4.18. The van der Waals surface area contributed by atoms with Crippen LogP contribution in [0.5, 0.6) is 0 Å². The van der Waals surface area contributed by atoms with Crippen molar-refractivity contribution in [3.63, 3.8) is 0 Å². The molecule has 1 aromatic carbocycles. The van der Waals surface area contributed by atoms with Gasteiger partial charge in [0, 0.05) is 19.6 Å². The van der Waals surface area contributed by atoms with E-state index in [2.05, 4.69) is 6.07 Å². The van der Waals surface area contributed by atoms with Crippen LogP contribution in [0.2, 0.25) is 0 Å². The first-order chi connectivity index (χ1) is 8.31. The zero-order valence-corrected chi connectivity index (χ0v) is 9.89. The minimum absolute atomic E-state index is 0.193. The fourth-order valence-corrected chi connectivity index (χ4v) is 2.06. The van der Waals surface area contributed by atoms with Gasteiger partial charge in [-0.1, -0.05) is 24.3 Å². The molecule has 1 aliphatic rings. The van der Waals surface area contributed by atoms with Crippen LogP contribution < -0.4 is 5.73 Å². The Balaban J connectivity index is 1.94. The summed E-state index contributed by atoms with van der Waals surface area (Å²) in [5.74, 6) is 0. The monoisotopic (exact) mass is 234 g/mol. The summed E-state index contributed by atoms with van der Waals surface area (Å²) in [5, 5.41) is 0. The van der Waals surface area contributed by atoms with Crippen LogP contribution in [0.15, 0.2) is 24.3 Å². The van der Waals surface area contributed by atoms with E-state index in [0.29, 0.717) is 19.7 Å². The molecular formula is C13H18N2O2. The van der Waals surface area contributed by atoms with Gasteiger partial charge in [-0.3, -0.25) is 0 Å². The average Bonchev–Trinajstić information content (AvgIpc) is 2.38. The number of hydrogen-bond acceptors (Lipinski definition) is 3. The van der Waals surface area contributed by atoms with Crippen LogP contribution >= 0.6 is 0 Å². The molecule has 0 unspecified atom stereocenters. The fraction of sp³-hybridized carbons (Fsp3) is 0.462. The average molecular weight is 234 g/mol. The maximum Gasteiger partial charge on any atom is 0.409 e. The van der Waals surface area contributed by atoms with E-state index in [1.54, 1.807) is 4.90 Å². The Morgan fingerprint density at radius 3 is 2.76 bits per heavy atom. The van der Waals surface area contributed by atoms with E-state index >= 15 is 0 Å². The van der Waals surface area contributed by atoms with E-state index in [-0.39, 0.29) is 6.09 Å². The summed E-state index contributed by atoms with van der Waals surface area (Å²) >= 11 is 0. The Bertz CT molecular complexity index is 393. The van der Waals surface area contributed by atoms with E-state index in [1.165, 1.54) is 5.56 Å². The molecule has 2 N–H and O–H groups in total. The molecule has 0 aromatic heterocycles. The van der Waals surface area contributed by atoms with Crippen molar-refractivity contribution in [2.45, 2.75) is 19.4 Å². The number of amides is 1. The number of hydrogen-bond donors (Lipinski definition) is 1. The highest BCUT2D eigenvalue weighted by molar-refractivity contribution is 5.68. The summed E-state index contributed by atoms with van der Waals surface area (Å²) in [6, 6.07) is 8.09. The zero-order chi connectivity index (χ0) is 12.1. The first-order valence-electron chi connectivity index (χ1n) is 6.00. The molecule has 1 saturated heterocycles. The summed E-state index contributed by atoms with van der Waals surface area (Å²) in [6.45, 7) is 2.59. The second-order valence-corrected chi connectivity index (χ2v) is 4.18. The van der Waals surface area contributed by atoms with Gasteiger partial charge >= 0.3 is 6.09 Å². The van der Waals surface area contributed by atoms with E-state index in [1.807, 2.05) is 18.2 Å². The lowest BCUT2D eigenvalue weighted by atomic mass is 10.0. The molecule has 0 spiro atoms. The molecule has 0 aliphatic carbocycles. The lowest BCUT2D eigenvalue weighted by molar-refractivity contribution is 0.0734. The van der Waals surface area contributed by atoms with E-state index in [4.69, 9.17) is 10.5 Å². The third-order valence-electron chi connectivity index (χ3n) is 3.05. The topological polar surface area (TPSA) is 55.6 Å². The van der Waals surface area contributed by atoms with Gasteiger partial charge in [-0.2, -0.15) is 0 Å². The third-order valence-corrected chi connectivity index (χ3v) is 3.05. The Morgan fingerprint density at radius 1 is 1.29 bits per heavy atom. The molecule has 1 aliphatic heterocycles. The first kappa shape index (κ1) is 11.9. The number of benzene rings is 1. The normalized spacial score (nSPS) is 15.8. The van der Waals surface area contributed by atoms with E-state index in [0.717, 1.165) is 24.9 Å². The van der Waals surface area contributed by atoms with Crippen LogP contribution in [0.25, 0.3) is 0 Å². The van der Waals surface area contributed by atoms with Gasteiger partial charge in [0.1, 0.15) is 0 Å². The van der Waals surface area contributed by atoms with Gasteiger partial charge in [0.25, 0.3) is 0 Å². The molecule has 4 heteroatoms. The Labute approximate surface area is 101 Å². The highest BCUT2D eigenvalue weighted by Gasteiger charge is 2.19. The maximum atomic E-state index is 11.4. The van der Waals surface area contributed by atoms with Crippen molar-refractivity contribution in [3.05, 3.63) is 35.4 Å². The highest BCUT2D eigenvalue weighted by atomic mass is 16.6. The molecule has 1 heterocycles. The van der Waals surface area contributed by atoms with Gasteiger partial charge in [-0.05, 0) is 24.0 Å². The van der Waals surface area contributed by atoms with Gasteiger partial charge in [-0.15, -0.1) is 0 Å². The lowest BCUT2D eigenvalue weighted by Gasteiger charge is -2.26. The smallest absolute Gasteiger partial charge is 0.409 e. The predicted octanol–water partition coefficient (Wildman–Crippen LogP) is 1.53. The van der Waals surface area contributed by atoms with Crippen molar-refractivity contribution in [2.24, 2.45) is 5.73 Å². The molecule has 1 fully saturated rings. The number of rotatable bonds is 4. The Hall–Kier alpha value is -1.55. The maximum absolute atomic E-state index is 11.4. The molecule has 0 atom stereocenters. The standard InChI is InChI=1S/C13H18N2O2/c14-10-12-5-2-1-4-11(12)6-8-15-7-3-9-17-13(15)16/h1-2,4-5H,3,6-10,14H2. The number of cyclic esters (lactones) is 1. The lowest BCUT2D eigenvalue weighted by Crippen LogP contribution is -2.39. The molecule has 4 nitrogen and oxygen atoms in total. The van der Waals surface area contributed by atoms with Gasteiger partial charge in [0.2, 0.25) is 0 Å². The van der Waals surface area contributed by atoms with Crippen LogP contribution in [-0.2, 0) is 17.7 Å². The van der Waals surface area contributed by atoms with Gasteiger partial charge < -0.3 is 15.4 Å². The zero-order valence-electron chi connectivity index (χ0n) is 9.89. The highest BCUT2D eigenvalue weighted by Crippen LogP contribution is 2.11. The largest absolute Gasteiger partial charge is 0.449 e. The molecule has 0 saturated carbocycles. The number of ether oxygens (including phenoxy) is 1. The molecule has 92 valence electrons. The first-order valence-corrected chi connectivity index (χ1v) is 6.00. The number of nitrogens with zero attached hydrogens (tertiary/aromatic N) is 1. The van der Waals surface area contributed by atoms with Crippen molar-refractivity contribution >= 4 is 6.09 Å². The van der Waals surface area contributed by atoms with Gasteiger partial charge in [-0.25, -0.2) is 4.79 Å². The molecule has 17 heavy (non-hydrogen) atoms. The summed E-state index contributed by atoms with van der Waals surface area (Å²) in [4.78, 5) is 13.2.